The lowest BCUT2D eigenvalue weighted by Crippen LogP contribution is -2.31. The summed E-state index contributed by atoms with van der Waals surface area (Å²) in [6, 6.07) is -0.00184. The summed E-state index contributed by atoms with van der Waals surface area (Å²) in [6.45, 7) is 2.66. The van der Waals surface area contributed by atoms with Gasteiger partial charge in [-0.3, -0.25) is 14.8 Å². The summed E-state index contributed by atoms with van der Waals surface area (Å²) >= 11 is 0. The zero-order valence-electron chi connectivity index (χ0n) is 13.1. The fraction of sp³-hybridized carbons (Fsp3) is 0.471. The fourth-order valence-corrected chi connectivity index (χ4v) is 3.13. The minimum atomic E-state index is -0.0156. The highest BCUT2D eigenvalue weighted by atomic mass is 16.2. The van der Waals surface area contributed by atoms with Crippen LogP contribution in [0.4, 0.5) is 0 Å². The molecule has 6 nitrogen and oxygen atoms in total. The number of carbonyl (C=O) groups excluding carboxylic acids is 1. The van der Waals surface area contributed by atoms with Gasteiger partial charge in [0.2, 0.25) is 0 Å². The van der Waals surface area contributed by atoms with Gasteiger partial charge in [0.15, 0.2) is 0 Å². The first-order valence-electron chi connectivity index (χ1n) is 8.14. The van der Waals surface area contributed by atoms with Gasteiger partial charge in [0.25, 0.3) is 5.91 Å². The Labute approximate surface area is 135 Å². The molecular formula is C17H19N5O. The van der Waals surface area contributed by atoms with Crippen molar-refractivity contribution in [1.82, 2.24) is 24.8 Å². The van der Waals surface area contributed by atoms with Crippen LogP contribution in [0, 0.1) is 6.92 Å². The average molecular weight is 309 g/mol. The van der Waals surface area contributed by atoms with E-state index in [9.17, 15) is 4.79 Å². The third kappa shape index (κ3) is 2.81. The zero-order chi connectivity index (χ0) is 15.8. The molecule has 4 rings (SSSR count). The highest BCUT2D eigenvalue weighted by molar-refractivity contribution is 5.94. The van der Waals surface area contributed by atoms with Crippen molar-refractivity contribution in [3.8, 4) is 0 Å². The number of likely N-dealkylation sites (tertiary alicyclic amines) is 1. The van der Waals surface area contributed by atoms with Gasteiger partial charge < -0.3 is 4.90 Å². The van der Waals surface area contributed by atoms with E-state index in [1.165, 1.54) is 0 Å². The van der Waals surface area contributed by atoms with Gasteiger partial charge in [-0.15, -0.1) is 0 Å². The van der Waals surface area contributed by atoms with E-state index in [4.69, 9.17) is 0 Å². The van der Waals surface area contributed by atoms with Gasteiger partial charge >= 0.3 is 0 Å². The SMILES string of the molecule is Cc1cncc([C@H]2CCCN2C(=O)c2cnc(C3CC3)nc2)n1. The topological polar surface area (TPSA) is 71.9 Å². The molecule has 1 amide bonds. The first kappa shape index (κ1) is 14.2. The largest absolute Gasteiger partial charge is 0.330 e. The molecule has 1 aliphatic heterocycles. The molecule has 0 spiro atoms. The summed E-state index contributed by atoms with van der Waals surface area (Å²) in [6.07, 6.45) is 11.0. The number of hydrogen-bond donors (Lipinski definition) is 0. The van der Waals surface area contributed by atoms with Crippen LogP contribution in [-0.4, -0.2) is 37.3 Å². The Morgan fingerprint density at radius 1 is 1.13 bits per heavy atom. The third-order valence-corrected chi connectivity index (χ3v) is 4.49. The van der Waals surface area contributed by atoms with E-state index in [2.05, 4.69) is 19.9 Å². The Hall–Kier alpha value is -2.37. The Morgan fingerprint density at radius 3 is 2.61 bits per heavy atom. The van der Waals surface area contributed by atoms with Gasteiger partial charge in [-0.05, 0) is 32.6 Å². The van der Waals surface area contributed by atoms with E-state index in [1.54, 1.807) is 24.8 Å². The molecule has 0 aromatic carbocycles. The molecule has 2 fully saturated rings. The molecule has 118 valence electrons. The average Bonchev–Trinajstić information content (AvgIpc) is 3.31. The molecule has 1 aliphatic carbocycles. The molecule has 2 aromatic heterocycles. The first-order valence-corrected chi connectivity index (χ1v) is 8.14. The van der Waals surface area contributed by atoms with Crippen molar-refractivity contribution in [2.45, 2.75) is 44.6 Å². The second kappa shape index (κ2) is 5.68. The van der Waals surface area contributed by atoms with Crippen LogP contribution in [0.3, 0.4) is 0 Å². The maximum atomic E-state index is 12.8. The molecule has 2 aromatic rings. The van der Waals surface area contributed by atoms with Crippen LogP contribution in [-0.2, 0) is 0 Å². The van der Waals surface area contributed by atoms with Crippen molar-refractivity contribution in [2.24, 2.45) is 0 Å². The van der Waals surface area contributed by atoms with Crippen LogP contribution in [0.1, 0.15) is 65.2 Å². The molecule has 0 radical (unpaired) electrons. The van der Waals surface area contributed by atoms with Crippen molar-refractivity contribution in [1.29, 1.82) is 0 Å². The maximum Gasteiger partial charge on any atom is 0.257 e. The smallest absolute Gasteiger partial charge is 0.257 e. The third-order valence-electron chi connectivity index (χ3n) is 4.49. The quantitative estimate of drug-likeness (QED) is 0.870. The van der Waals surface area contributed by atoms with Crippen LogP contribution < -0.4 is 0 Å². The fourth-order valence-electron chi connectivity index (χ4n) is 3.13. The lowest BCUT2D eigenvalue weighted by atomic mass is 10.1. The molecule has 6 heteroatoms. The lowest BCUT2D eigenvalue weighted by molar-refractivity contribution is 0.0731. The summed E-state index contributed by atoms with van der Waals surface area (Å²) in [4.78, 5) is 32.1. The minimum absolute atomic E-state index is 0.00184. The number of rotatable bonds is 3. The van der Waals surface area contributed by atoms with Crippen molar-refractivity contribution in [2.75, 3.05) is 6.54 Å². The maximum absolute atomic E-state index is 12.8. The highest BCUT2D eigenvalue weighted by Crippen LogP contribution is 2.37. The molecule has 0 N–H and O–H groups in total. The summed E-state index contributed by atoms with van der Waals surface area (Å²) < 4.78 is 0. The number of nitrogens with zero attached hydrogens (tertiary/aromatic N) is 5. The minimum Gasteiger partial charge on any atom is -0.330 e. The predicted octanol–water partition coefficient (Wildman–Crippen LogP) is 2.43. The van der Waals surface area contributed by atoms with Crippen molar-refractivity contribution in [3.63, 3.8) is 0 Å². The molecule has 1 atom stereocenters. The van der Waals surface area contributed by atoms with Crippen LogP contribution in [0.15, 0.2) is 24.8 Å². The van der Waals surface area contributed by atoms with E-state index in [-0.39, 0.29) is 11.9 Å². The van der Waals surface area contributed by atoms with Gasteiger partial charge in [-0.1, -0.05) is 0 Å². The highest BCUT2D eigenvalue weighted by Gasteiger charge is 2.32. The lowest BCUT2D eigenvalue weighted by Gasteiger charge is -2.24. The summed E-state index contributed by atoms with van der Waals surface area (Å²) in [5.41, 5.74) is 2.30. The van der Waals surface area contributed by atoms with Gasteiger partial charge in [-0.25, -0.2) is 9.97 Å². The van der Waals surface area contributed by atoms with Crippen LogP contribution >= 0.6 is 0 Å². The molecule has 23 heavy (non-hydrogen) atoms. The normalized spacial score (nSPS) is 20.7. The van der Waals surface area contributed by atoms with E-state index in [1.807, 2.05) is 11.8 Å². The van der Waals surface area contributed by atoms with E-state index < -0.39 is 0 Å². The van der Waals surface area contributed by atoms with E-state index >= 15 is 0 Å². The Kier molecular flexibility index (Phi) is 3.52. The number of hydrogen-bond acceptors (Lipinski definition) is 5. The Bertz CT molecular complexity index is 726. The molecule has 0 unspecified atom stereocenters. The van der Waals surface area contributed by atoms with Crippen LogP contribution in [0.2, 0.25) is 0 Å². The summed E-state index contributed by atoms with van der Waals surface area (Å²) in [5, 5.41) is 0. The number of amides is 1. The van der Waals surface area contributed by atoms with E-state index in [0.717, 1.165) is 49.4 Å². The van der Waals surface area contributed by atoms with Crippen molar-refractivity contribution in [3.05, 3.63) is 47.6 Å². The van der Waals surface area contributed by atoms with Gasteiger partial charge in [0, 0.05) is 31.1 Å². The standard InChI is InChI=1S/C17H19N5O/c1-11-7-18-10-14(21-11)15-3-2-6-22(15)17(23)13-8-19-16(20-9-13)12-4-5-12/h7-10,12,15H,2-6H2,1H3/t15-/m1/s1. The summed E-state index contributed by atoms with van der Waals surface area (Å²) in [5.74, 6) is 1.35. The van der Waals surface area contributed by atoms with Gasteiger partial charge in [-0.2, -0.15) is 0 Å². The second-order valence-corrected chi connectivity index (χ2v) is 6.35. The number of aromatic nitrogens is 4. The Balaban J connectivity index is 1.56. The molecule has 2 aliphatic rings. The van der Waals surface area contributed by atoms with Crippen molar-refractivity contribution >= 4 is 5.91 Å². The van der Waals surface area contributed by atoms with Gasteiger partial charge in [0.05, 0.1) is 29.2 Å². The Morgan fingerprint density at radius 2 is 1.91 bits per heavy atom. The molecular weight excluding hydrogens is 290 g/mol. The number of aryl methyl sites for hydroxylation is 1. The van der Waals surface area contributed by atoms with Crippen LogP contribution in [0.5, 0.6) is 0 Å². The summed E-state index contributed by atoms with van der Waals surface area (Å²) in [7, 11) is 0. The van der Waals surface area contributed by atoms with Crippen LogP contribution in [0.25, 0.3) is 0 Å². The molecule has 3 heterocycles. The zero-order valence-corrected chi connectivity index (χ0v) is 13.1. The molecule has 1 saturated heterocycles. The number of carbonyl (C=O) groups is 1. The van der Waals surface area contributed by atoms with E-state index in [0.29, 0.717) is 11.5 Å². The molecule has 1 saturated carbocycles. The second-order valence-electron chi connectivity index (χ2n) is 6.35. The first-order chi connectivity index (χ1) is 11.2. The monoisotopic (exact) mass is 309 g/mol. The van der Waals surface area contributed by atoms with Gasteiger partial charge in [0.1, 0.15) is 5.82 Å². The predicted molar refractivity (Wildman–Crippen MR) is 83.8 cm³/mol. The molecule has 0 bridgehead atoms. The van der Waals surface area contributed by atoms with Crippen molar-refractivity contribution < 1.29 is 4.79 Å².